The van der Waals surface area contributed by atoms with Crippen LogP contribution in [0.5, 0.6) is 0 Å². The van der Waals surface area contributed by atoms with Crippen LogP contribution in [0.25, 0.3) is 0 Å². The van der Waals surface area contributed by atoms with Crippen LogP contribution in [0.3, 0.4) is 0 Å². The third kappa shape index (κ3) is 2.71. The van der Waals surface area contributed by atoms with E-state index in [1.807, 2.05) is 36.4 Å². The molecule has 0 saturated carbocycles. The third-order valence-electron chi connectivity index (χ3n) is 2.82. The fourth-order valence-electron chi connectivity index (χ4n) is 1.92. The summed E-state index contributed by atoms with van der Waals surface area (Å²) in [5.41, 5.74) is 7.71. The molecule has 0 unspecified atom stereocenters. The highest BCUT2D eigenvalue weighted by molar-refractivity contribution is 7.80. The number of furan rings is 1. The molecule has 3 nitrogen and oxygen atoms in total. The van der Waals surface area contributed by atoms with E-state index in [2.05, 4.69) is 11.8 Å². The Hall–Kier alpha value is -1.81. The lowest BCUT2D eigenvalue weighted by atomic mass is 10.1. The summed E-state index contributed by atoms with van der Waals surface area (Å²) in [5, 5.41) is 0. The number of rotatable bonds is 5. The number of nitrogens with zero attached hydrogens (tertiary/aromatic N) is 1. The van der Waals surface area contributed by atoms with E-state index >= 15 is 0 Å². The average Bonchev–Trinajstić information content (AvgIpc) is 2.88. The summed E-state index contributed by atoms with van der Waals surface area (Å²) in [6, 6.07) is 11.8. The molecule has 0 amide bonds. The van der Waals surface area contributed by atoms with Gasteiger partial charge in [-0.15, -0.1) is 0 Å². The molecular formula is C14H16N2OS. The van der Waals surface area contributed by atoms with Gasteiger partial charge in [-0.3, -0.25) is 0 Å². The first kappa shape index (κ1) is 12.6. The van der Waals surface area contributed by atoms with E-state index in [9.17, 15) is 0 Å². The SMILES string of the molecule is CCN(Cc1ccco1)c1ccccc1C(N)=S. The highest BCUT2D eigenvalue weighted by Gasteiger charge is 2.12. The van der Waals surface area contributed by atoms with Crippen molar-refractivity contribution in [2.24, 2.45) is 5.73 Å². The van der Waals surface area contributed by atoms with Gasteiger partial charge in [0.05, 0.1) is 12.8 Å². The highest BCUT2D eigenvalue weighted by atomic mass is 32.1. The zero-order valence-electron chi connectivity index (χ0n) is 10.3. The number of hydrogen-bond acceptors (Lipinski definition) is 3. The first-order chi connectivity index (χ1) is 8.72. The number of benzene rings is 1. The van der Waals surface area contributed by atoms with Gasteiger partial charge in [0.25, 0.3) is 0 Å². The van der Waals surface area contributed by atoms with E-state index in [4.69, 9.17) is 22.4 Å². The topological polar surface area (TPSA) is 42.4 Å². The largest absolute Gasteiger partial charge is 0.467 e. The van der Waals surface area contributed by atoms with E-state index in [-0.39, 0.29) is 0 Å². The van der Waals surface area contributed by atoms with Crippen LogP contribution in [-0.2, 0) is 6.54 Å². The van der Waals surface area contributed by atoms with Gasteiger partial charge in [-0.05, 0) is 31.2 Å². The Kier molecular flexibility index (Phi) is 3.99. The summed E-state index contributed by atoms with van der Waals surface area (Å²) in [6.45, 7) is 3.67. The van der Waals surface area contributed by atoms with Gasteiger partial charge in [0.1, 0.15) is 10.7 Å². The van der Waals surface area contributed by atoms with E-state index in [1.165, 1.54) is 0 Å². The molecule has 0 fully saturated rings. The van der Waals surface area contributed by atoms with Crippen molar-refractivity contribution in [3.63, 3.8) is 0 Å². The fourth-order valence-corrected chi connectivity index (χ4v) is 2.09. The van der Waals surface area contributed by atoms with Gasteiger partial charge in [0.2, 0.25) is 0 Å². The standard InChI is InChI=1S/C14H16N2OS/c1-2-16(10-11-6-5-9-17-11)13-8-4-3-7-12(13)14(15)18/h3-9H,2,10H2,1H3,(H2,15,18). The zero-order valence-corrected chi connectivity index (χ0v) is 11.1. The molecule has 1 aromatic carbocycles. The smallest absolute Gasteiger partial charge is 0.123 e. The van der Waals surface area contributed by atoms with Crippen molar-refractivity contribution in [2.75, 3.05) is 11.4 Å². The molecule has 0 saturated heterocycles. The predicted octanol–water partition coefficient (Wildman–Crippen LogP) is 2.94. The average molecular weight is 260 g/mol. The van der Waals surface area contributed by atoms with Crippen LogP contribution in [0.4, 0.5) is 5.69 Å². The van der Waals surface area contributed by atoms with Gasteiger partial charge >= 0.3 is 0 Å². The number of anilines is 1. The molecule has 0 atom stereocenters. The lowest BCUT2D eigenvalue weighted by Gasteiger charge is -2.24. The van der Waals surface area contributed by atoms with Crippen molar-refractivity contribution in [3.8, 4) is 0 Å². The van der Waals surface area contributed by atoms with Gasteiger partial charge in [0.15, 0.2) is 0 Å². The van der Waals surface area contributed by atoms with Crippen molar-refractivity contribution in [1.82, 2.24) is 0 Å². The summed E-state index contributed by atoms with van der Waals surface area (Å²) in [7, 11) is 0. The van der Waals surface area contributed by atoms with E-state index < -0.39 is 0 Å². The minimum Gasteiger partial charge on any atom is -0.467 e. The minimum absolute atomic E-state index is 0.420. The second kappa shape index (κ2) is 5.69. The van der Waals surface area contributed by atoms with Gasteiger partial charge in [-0.2, -0.15) is 0 Å². The van der Waals surface area contributed by atoms with Crippen molar-refractivity contribution in [1.29, 1.82) is 0 Å². The lowest BCUT2D eigenvalue weighted by molar-refractivity contribution is 0.503. The Morgan fingerprint density at radius 2 is 2.06 bits per heavy atom. The zero-order chi connectivity index (χ0) is 13.0. The van der Waals surface area contributed by atoms with Gasteiger partial charge < -0.3 is 15.1 Å². The maximum atomic E-state index is 5.76. The Morgan fingerprint density at radius 1 is 1.28 bits per heavy atom. The number of thiocarbonyl (C=S) groups is 1. The second-order valence-corrected chi connectivity index (χ2v) is 4.41. The predicted molar refractivity (Wildman–Crippen MR) is 77.8 cm³/mol. The second-order valence-electron chi connectivity index (χ2n) is 3.97. The van der Waals surface area contributed by atoms with E-state index in [0.29, 0.717) is 11.5 Å². The molecule has 2 rings (SSSR count). The van der Waals surface area contributed by atoms with Gasteiger partial charge in [0, 0.05) is 17.8 Å². The molecule has 2 aromatic rings. The highest BCUT2D eigenvalue weighted by Crippen LogP contribution is 2.22. The molecule has 18 heavy (non-hydrogen) atoms. The van der Waals surface area contributed by atoms with Crippen LogP contribution in [0.1, 0.15) is 18.2 Å². The quantitative estimate of drug-likeness (QED) is 0.839. The monoisotopic (exact) mass is 260 g/mol. The summed E-state index contributed by atoms with van der Waals surface area (Å²) >= 11 is 5.09. The Morgan fingerprint density at radius 3 is 2.67 bits per heavy atom. The Labute approximate surface area is 112 Å². The van der Waals surface area contributed by atoms with Crippen molar-refractivity contribution < 1.29 is 4.42 Å². The first-order valence-corrected chi connectivity index (χ1v) is 6.29. The molecule has 0 aliphatic rings. The molecule has 0 aliphatic heterocycles. The summed E-state index contributed by atoms with van der Waals surface area (Å²) in [5.74, 6) is 0.926. The summed E-state index contributed by atoms with van der Waals surface area (Å²) < 4.78 is 5.38. The molecule has 2 N–H and O–H groups in total. The third-order valence-corrected chi connectivity index (χ3v) is 3.04. The maximum absolute atomic E-state index is 5.76. The van der Waals surface area contributed by atoms with Crippen LogP contribution in [0.15, 0.2) is 47.1 Å². The number of nitrogens with two attached hydrogens (primary N) is 1. The molecule has 94 valence electrons. The molecule has 0 aliphatic carbocycles. The maximum Gasteiger partial charge on any atom is 0.123 e. The first-order valence-electron chi connectivity index (χ1n) is 5.88. The molecule has 0 spiro atoms. The lowest BCUT2D eigenvalue weighted by Crippen LogP contribution is -2.25. The summed E-state index contributed by atoms with van der Waals surface area (Å²) in [6.07, 6.45) is 1.68. The molecule has 0 radical (unpaired) electrons. The van der Waals surface area contributed by atoms with Crippen molar-refractivity contribution in [3.05, 3.63) is 54.0 Å². The number of hydrogen-bond donors (Lipinski definition) is 1. The van der Waals surface area contributed by atoms with Crippen molar-refractivity contribution >= 4 is 22.9 Å². The van der Waals surface area contributed by atoms with Crippen LogP contribution in [-0.4, -0.2) is 11.5 Å². The Balaban J connectivity index is 2.30. The molecule has 0 bridgehead atoms. The van der Waals surface area contributed by atoms with E-state index in [1.54, 1.807) is 6.26 Å². The fraction of sp³-hybridized carbons (Fsp3) is 0.214. The molecule has 1 aromatic heterocycles. The molecule has 1 heterocycles. The van der Waals surface area contributed by atoms with Crippen LogP contribution in [0.2, 0.25) is 0 Å². The van der Waals surface area contributed by atoms with Gasteiger partial charge in [-0.25, -0.2) is 0 Å². The van der Waals surface area contributed by atoms with Crippen LogP contribution < -0.4 is 10.6 Å². The van der Waals surface area contributed by atoms with Crippen LogP contribution >= 0.6 is 12.2 Å². The molecular weight excluding hydrogens is 244 g/mol. The Bertz CT molecular complexity index is 522. The van der Waals surface area contributed by atoms with Crippen molar-refractivity contribution in [2.45, 2.75) is 13.5 Å². The number of para-hydroxylation sites is 1. The minimum atomic E-state index is 0.420. The molecule has 4 heteroatoms. The summed E-state index contributed by atoms with van der Waals surface area (Å²) in [4.78, 5) is 2.61. The van der Waals surface area contributed by atoms with Crippen LogP contribution in [0, 0.1) is 0 Å². The van der Waals surface area contributed by atoms with E-state index in [0.717, 1.165) is 23.6 Å². The normalized spacial score (nSPS) is 10.3. The van der Waals surface area contributed by atoms with Gasteiger partial charge in [-0.1, -0.05) is 24.4 Å².